The normalized spacial score (nSPS) is 13.9. The smallest absolute Gasteiger partial charge is 0.213 e. The molecule has 0 saturated carbocycles. The molecule has 0 aliphatic carbocycles. The second kappa shape index (κ2) is 9.14. The first-order valence-corrected chi connectivity index (χ1v) is 10.2. The fourth-order valence-corrected chi connectivity index (χ4v) is 3.87. The molecule has 0 fully saturated rings. The Labute approximate surface area is 172 Å². The first-order chi connectivity index (χ1) is 14.3. The second-order valence-electron chi connectivity index (χ2n) is 7.40. The van der Waals surface area contributed by atoms with Crippen molar-refractivity contribution in [2.24, 2.45) is 0 Å². The lowest BCUT2D eigenvalue weighted by Crippen LogP contribution is -2.31. The van der Waals surface area contributed by atoms with E-state index in [0.29, 0.717) is 12.5 Å². The maximum absolute atomic E-state index is 5.86. The van der Waals surface area contributed by atoms with E-state index in [1.54, 1.807) is 14.2 Å². The van der Waals surface area contributed by atoms with Gasteiger partial charge in [-0.2, -0.15) is 0 Å². The van der Waals surface area contributed by atoms with Crippen molar-refractivity contribution in [3.8, 4) is 17.4 Å². The van der Waals surface area contributed by atoms with Gasteiger partial charge in [0.05, 0.1) is 26.3 Å². The van der Waals surface area contributed by atoms with Gasteiger partial charge in [0.25, 0.3) is 0 Å². The first kappa shape index (κ1) is 19.5. The summed E-state index contributed by atoms with van der Waals surface area (Å²) in [6.07, 6.45) is 3.17. The van der Waals surface area contributed by atoms with Crippen molar-refractivity contribution in [2.45, 2.75) is 25.8 Å². The molecule has 0 bridgehead atoms. The molecule has 1 aliphatic rings. The standard InChI is InChI=1S/C24H28N2O3/c1-27-22-15-19-11-13-26(17-20(19)16-23(22)28-2)12-5-6-14-29-24-10-9-18-7-3-4-8-21(18)25-24/h3-4,7-10,15-16H,5-6,11-14,17H2,1-2H3. The van der Waals surface area contributed by atoms with Crippen molar-refractivity contribution >= 4 is 10.9 Å². The zero-order chi connectivity index (χ0) is 20.1. The van der Waals surface area contributed by atoms with Crippen LogP contribution in [0.5, 0.6) is 17.4 Å². The summed E-state index contributed by atoms with van der Waals surface area (Å²) in [4.78, 5) is 7.07. The average Bonchev–Trinajstić information content (AvgIpc) is 2.77. The van der Waals surface area contributed by atoms with Crippen LogP contribution in [-0.2, 0) is 13.0 Å². The van der Waals surface area contributed by atoms with Gasteiger partial charge in [0.2, 0.25) is 5.88 Å². The Morgan fingerprint density at radius 1 is 0.931 bits per heavy atom. The summed E-state index contributed by atoms with van der Waals surface area (Å²) in [6, 6.07) is 16.4. The van der Waals surface area contributed by atoms with Gasteiger partial charge >= 0.3 is 0 Å². The minimum atomic E-state index is 0.695. The van der Waals surface area contributed by atoms with E-state index in [-0.39, 0.29) is 0 Å². The Kier molecular flexibility index (Phi) is 6.15. The van der Waals surface area contributed by atoms with Crippen LogP contribution >= 0.6 is 0 Å². The van der Waals surface area contributed by atoms with Gasteiger partial charge in [-0.1, -0.05) is 18.2 Å². The van der Waals surface area contributed by atoms with Crippen LogP contribution in [0.3, 0.4) is 0 Å². The zero-order valence-corrected chi connectivity index (χ0v) is 17.2. The molecule has 2 aromatic carbocycles. The summed E-state index contributed by atoms with van der Waals surface area (Å²) >= 11 is 0. The highest BCUT2D eigenvalue weighted by molar-refractivity contribution is 5.78. The highest BCUT2D eigenvalue weighted by Crippen LogP contribution is 2.33. The van der Waals surface area contributed by atoms with Gasteiger partial charge < -0.3 is 14.2 Å². The van der Waals surface area contributed by atoms with Crippen LogP contribution in [-0.4, -0.2) is 43.8 Å². The molecule has 0 spiro atoms. The predicted octanol–water partition coefficient (Wildman–Crippen LogP) is 4.47. The third-order valence-electron chi connectivity index (χ3n) is 5.49. The third kappa shape index (κ3) is 4.62. The number of hydrogen-bond donors (Lipinski definition) is 0. The molecule has 152 valence electrons. The maximum atomic E-state index is 5.86. The lowest BCUT2D eigenvalue weighted by Gasteiger charge is -2.29. The van der Waals surface area contributed by atoms with Gasteiger partial charge in [0, 0.05) is 24.5 Å². The molecule has 0 N–H and O–H groups in total. The minimum absolute atomic E-state index is 0.695. The van der Waals surface area contributed by atoms with E-state index >= 15 is 0 Å². The number of ether oxygens (including phenoxy) is 3. The zero-order valence-electron chi connectivity index (χ0n) is 17.2. The number of benzene rings is 2. The van der Waals surface area contributed by atoms with Crippen LogP contribution in [0.15, 0.2) is 48.5 Å². The highest BCUT2D eigenvalue weighted by Gasteiger charge is 2.19. The molecule has 1 aliphatic heterocycles. The van der Waals surface area contributed by atoms with E-state index in [2.05, 4.69) is 34.1 Å². The van der Waals surface area contributed by atoms with E-state index in [1.165, 1.54) is 11.1 Å². The Bertz CT molecular complexity index is 973. The van der Waals surface area contributed by atoms with E-state index in [0.717, 1.165) is 61.3 Å². The SMILES string of the molecule is COc1cc2c(cc1OC)CN(CCCCOc1ccc3ccccc3n1)CC2. The molecule has 0 unspecified atom stereocenters. The summed E-state index contributed by atoms with van der Waals surface area (Å²) in [7, 11) is 3.38. The molecular formula is C24H28N2O3. The molecule has 1 aromatic heterocycles. The number of pyridine rings is 1. The van der Waals surface area contributed by atoms with Crippen LogP contribution in [0.1, 0.15) is 24.0 Å². The fourth-order valence-electron chi connectivity index (χ4n) is 3.87. The molecule has 3 aromatic rings. The highest BCUT2D eigenvalue weighted by atomic mass is 16.5. The Hall–Kier alpha value is -2.79. The monoisotopic (exact) mass is 392 g/mol. The van der Waals surface area contributed by atoms with Crippen LogP contribution in [0.4, 0.5) is 0 Å². The van der Waals surface area contributed by atoms with E-state index in [4.69, 9.17) is 14.2 Å². The van der Waals surface area contributed by atoms with E-state index in [1.807, 2.05) is 24.3 Å². The molecule has 5 heteroatoms. The van der Waals surface area contributed by atoms with E-state index < -0.39 is 0 Å². The summed E-state index contributed by atoms with van der Waals surface area (Å²) in [6.45, 7) is 3.81. The van der Waals surface area contributed by atoms with Gasteiger partial charge in [0.15, 0.2) is 11.5 Å². The first-order valence-electron chi connectivity index (χ1n) is 10.2. The van der Waals surface area contributed by atoms with Crippen molar-refractivity contribution in [3.63, 3.8) is 0 Å². The van der Waals surface area contributed by atoms with Crippen LogP contribution in [0, 0.1) is 0 Å². The van der Waals surface area contributed by atoms with Gasteiger partial charge in [0.1, 0.15) is 0 Å². The van der Waals surface area contributed by atoms with Gasteiger partial charge in [-0.3, -0.25) is 4.90 Å². The Balaban J connectivity index is 1.24. The molecule has 4 rings (SSSR count). The largest absolute Gasteiger partial charge is 0.493 e. The molecule has 2 heterocycles. The minimum Gasteiger partial charge on any atom is -0.493 e. The van der Waals surface area contributed by atoms with Crippen LogP contribution in [0.2, 0.25) is 0 Å². The van der Waals surface area contributed by atoms with Crippen molar-refractivity contribution in [1.82, 2.24) is 9.88 Å². The summed E-state index contributed by atoms with van der Waals surface area (Å²) < 4.78 is 16.7. The molecule has 0 radical (unpaired) electrons. The van der Waals surface area contributed by atoms with Crippen LogP contribution < -0.4 is 14.2 Å². The fraction of sp³-hybridized carbons (Fsp3) is 0.375. The van der Waals surface area contributed by atoms with Crippen molar-refractivity contribution in [1.29, 1.82) is 0 Å². The number of nitrogens with zero attached hydrogens (tertiary/aromatic N) is 2. The number of unbranched alkanes of at least 4 members (excludes halogenated alkanes) is 1. The van der Waals surface area contributed by atoms with Gasteiger partial charge in [-0.15, -0.1) is 0 Å². The number of hydrogen-bond acceptors (Lipinski definition) is 5. The van der Waals surface area contributed by atoms with Crippen molar-refractivity contribution < 1.29 is 14.2 Å². The molecule has 5 nitrogen and oxygen atoms in total. The maximum Gasteiger partial charge on any atom is 0.213 e. The third-order valence-corrected chi connectivity index (χ3v) is 5.49. The number of aromatic nitrogens is 1. The van der Waals surface area contributed by atoms with Crippen molar-refractivity contribution in [2.75, 3.05) is 33.9 Å². The quantitative estimate of drug-likeness (QED) is 0.529. The second-order valence-corrected chi connectivity index (χ2v) is 7.40. The Morgan fingerprint density at radius 3 is 2.55 bits per heavy atom. The molecular weight excluding hydrogens is 364 g/mol. The summed E-state index contributed by atoms with van der Waals surface area (Å²) in [5.41, 5.74) is 3.68. The van der Waals surface area contributed by atoms with E-state index in [9.17, 15) is 0 Å². The van der Waals surface area contributed by atoms with Crippen LogP contribution in [0.25, 0.3) is 10.9 Å². The molecule has 0 amide bonds. The molecule has 0 atom stereocenters. The summed E-state index contributed by atoms with van der Waals surface area (Å²) in [5.74, 6) is 2.33. The molecule has 0 saturated heterocycles. The van der Waals surface area contributed by atoms with Gasteiger partial charge in [-0.25, -0.2) is 4.98 Å². The van der Waals surface area contributed by atoms with Gasteiger partial charge in [-0.05, 0) is 61.2 Å². The number of methoxy groups -OCH3 is 2. The predicted molar refractivity (Wildman–Crippen MR) is 115 cm³/mol. The number of fused-ring (bicyclic) bond motifs is 2. The Morgan fingerprint density at radius 2 is 1.72 bits per heavy atom. The molecule has 29 heavy (non-hydrogen) atoms. The lowest BCUT2D eigenvalue weighted by molar-refractivity contribution is 0.232. The number of para-hydroxylation sites is 1. The average molecular weight is 392 g/mol. The summed E-state index contributed by atoms with van der Waals surface area (Å²) in [5, 5.41) is 1.14. The van der Waals surface area contributed by atoms with Crippen molar-refractivity contribution in [3.05, 3.63) is 59.7 Å². The topological polar surface area (TPSA) is 43.8 Å². The number of rotatable bonds is 8. The lowest BCUT2D eigenvalue weighted by atomic mass is 9.98.